The number of hydrogen-bond acceptors (Lipinski definition) is 4. The predicted molar refractivity (Wildman–Crippen MR) is 111 cm³/mol. The first-order valence-electron chi connectivity index (χ1n) is 10.4. The van der Waals surface area contributed by atoms with Crippen LogP contribution in [0.4, 0.5) is 0 Å². The molecule has 1 aromatic rings. The molecule has 6 nitrogen and oxygen atoms in total. The van der Waals surface area contributed by atoms with Crippen molar-refractivity contribution in [2.45, 2.75) is 69.9 Å². The number of rotatable bonds is 7. The van der Waals surface area contributed by atoms with Crippen LogP contribution in [0, 0.1) is 5.92 Å². The number of amides is 1. The zero-order valence-electron chi connectivity index (χ0n) is 17.2. The van der Waals surface area contributed by atoms with Crippen LogP contribution >= 0.6 is 0 Å². The number of sulfonamides is 1. The Kier molecular flexibility index (Phi) is 6.78. The van der Waals surface area contributed by atoms with Gasteiger partial charge in [0.1, 0.15) is 0 Å². The Hall–Kier alpha value is -1.44. The molecule has 0 bridgehead atoms. The quantitative estimate of drug-likeness (QED) is 0.725. The zero-order chi connectivity index (χ0) is 20.3. The summed E-state index contributed by atoms with van der Waals surface area (Å²) in [5, 5.41) is 2.92. The molecule has 1 atom stereocenters. The lowest BCUT2D eigenvalue weighted by Gasteiger charge is -2.34. The van der Waals surface area contributed by atoms with Crippen molar-refractivity contribution in [3.8, 4) is 0 Å². The minimum atomic E-state index is -3.50. The summed E-state index contributed by atoms with van der Waals surface area (Å²) >= 11 is 0. The van der Waals surface area contributed by atoms with E-state index in [4.69, 9.17) is 0 Å². The van der Waals surface area contributed by atoms with Gasteiger partial charge in [0, 0.05) is 25.6 Å². The molecule has 1 saturated heterocycles. The van der Waals surface area contributed by atoms with Crippen LogP contribution in [0.1, 0.15) is 51.2 Å². The molecular weight excluding hydrogens is 374 g/mol. The minimum absolute atomic E-state index is 0.0495. The molecule has 28 heavy (non-hydrogen) atoms. The number of carbonyl (C=O) groups excluding carboxylic acids is 1. The van der Waals surface area contributed by atoms with Gasteiger partial charge >= 0.3 is 0 Å². The fraction of sp³-hybridized carbons (Fsp3) is 0.667. The van der Waals surface area contributed by atoms with Crippen molar-refractivity contribution in [2.75, 3.05) is 19.6 Å². The van der Waals surface area contributed by atoms with Crippen LogP contribution in [0.5, 0.6) is 0 Å². The molecule has 1 aromatic carbocycles. The smallest absolute Gasteiger partial charge is 0.240 e. The van der Waals surface area contributed by atoms with Gasteiger partial charge < -0.3 is 10.2 Å². The van der Waals surface area contributed by atoms with Gasteiger partial charge in [-0.05, 0) is 88.2 Å². The van der Waals surface area contributed by atoms with Gasteiger partial charge in [-0.2, -0.15) is 0 Å². The first kappa shape index (κ1) is 21.3. The predicted octanol–water partition coefficient (Wildman–Crippen LogP) is 2.08. The van der Waals surface area contributed by atoms with Crippen molar-refractivity contribution in [3.05, 3.63) is 29.3 Å². The Balaban J connectivity index is 1.51. The first-order chi connectivity index (χ1) is 13.2. The number of piperidine rings is 1. The molecule has 2 N–H and O–H groups in total. The zero-order valence-corrected chi connectivity index (χ0v) is 18.0. The topological polar surface area (TPSA) is 78.5 Å². The molecule has 1 amide bonds. The molecule has 0 aromatic heterocycles. The highest BCUT2D eigenvalue weighted by atomic mass is 32.2. The fourth-order valence-corrected chi connectivity index (χ4v) is 5.49. The highest BCUT2D eigenvalue weighted by molar-refractivity contribution is 7.89. The number of fused-ring (bicyclic) bond motifs is 1. The van der Waals surface area contributed by atoms with Crippen molar-refractivity contribution in [2.24, 2.45) is 5.92 Å². The second-order valence-electron chi connectivity index (χ2n) is 8.50. The van der Waals surface area contributed by atoms with Crippen LogP contribution < -0.4 is 10.0 Å². The van der Waals surface area contributed by atoms with Crippen LogP contribution in [-0.2, 0) is 27.7 Å². The second-order valence-corrected chi connectivity index (χ2v) is 10.3. The van der Waals surface area contributed by atoms with Crippen LogP contribution in [0.25, 0.3) is 0 Å². The van der Waals surface area contributed by atoms with Gasteiger partial charge in [-0.25, -0.2) is 13.1 Å². The lowest BCUT2D eigenvalue weighted by Crippen LogP contribution is -2.39. The van der Waals surface area contributed by atoms with Crippen LogP contribution in [-0.4, -0.2) is 50.9 Å². The third kappa shape index (κ3) is 5.33. The fourth-order valence-electron chi connectivity index (χ4n) is 4.39. The maximum absolute atomic E-state index is 12.7. The van der Waals surface area contributed by atoms with E-state index in [1.165, 1.54) is 6.92 Å². The van der Waals surface area contributed by atoms with Gasteiger partial charge in [-0.3, -0.25) is 4.79 Å². The Labute approximate surface area is 169 Å². The summed E-state index contributed by atoms with van der Waals surface area (Å²) in [7, 11) is -3.50. The largest absolute Gasteiger partial charge is 0.353 e. The van der Waals surface area contributed by atoms with E-state index in [1.54, 1.807) is 12.1 Å². The normalized spacial score (nSPS) is 21.1. The maximum atomic E-state index is 12.7. The van der Waals surface area contributed by atoms with E-state index in [2.05, 4.69) is 28.8 Å². The Morgan fingerprint density at radius 1 is 1.18 bits per heavy atom. The van der Waals surface area contributed by atoms with Crippen molar-refractivity contribution in [1.82, 2.24) is 14.9 Å². The lowest BCUT2D eigenvalue weighted by atomic mass is 9.93. The highest BCUT2D eigenvalue weighted by Crippen LogP contribution is 2.26. The number of benzene rings is 1. The van der Waals surface area contributed by atoms with Crippen LogP contribution in [0.3, 0.4) is 0 Å². The van der Waals surface area contributed by atoms with Crippen LogP contribution in [0.15, 0.2) is 23.1 Å². The van der Waals surface area contributed by atoms with E-state index < -0.39 is 10.0 Å². The third-order valence-electron chi connectivity index (χ3n) is 6.05. The molecule has 0 unspecified atom stereocenters. The van der Waals surface area contributed by atoms with Crippen molar-refractivity contribution < 1.29 is 13.2 Å². The summed E-state index contributed by atoms with van der Waals surface area (Å²) in [5.74, 6) is 0.544. The average Bonchev–Trinajstić information content (AvgIpc) is 3.02. The summed E-state index contributed by atoms with van der Waals surface area (Å²) < 4.78 is 28.2. The standard InChI is InChI=1S/C21H33N3O3S/c1-15(2)24-10-7-17(8-11-24)6-9-22-28(26,27)21-5-4-18-12-20(23-16(3)25)13-19(18)14-21/h4-5,14-15,17,20,22H,6-13H2,1-3H3,(H,23,25)/t20-/m0/s1. The Morgan fingerprint density at radius 3 is 2.50 bits per heavy atom. The number of likely N-dealkylation sites (tertiary alicyclic amines) is 1. The molecule has 1 fully saturated rings. The van der Waals surface area contributed by atoms with E-state index >= 15 is 0 Å². The molecule has 1 aliphatic carbocycles. The van der Waals surface area contributed by atoms with E-state index in [0.29, 0.717) is 29.8 Å². The van der Waals surface area contributed by atoms with E-state index in [1.807, 2.05) is 6.07 Å². The molecule has 1 aliphatic heterocycles. The second kappa shape index (κ2) is 8.93. The molecule has 0 spiro atoms. The summed E-state index contributed by atoms with van der Waals surface area (Å²) in [5.41, 5.74) is 2.14. The summed E-state index contributed by atoms with van der Waals surface area (Å²) in [6.07, 6.45) is 4.62. The van der Waals surface area contributed by atoms with Gasteiger partial charge in [0.05, 0.1) is 4.90 Å². The van der Waals surface area contributed by atoms with Gasteiger partial charge in [-0.1, -0.05) is 6.07 Å². The maximum Gasteiger partial charge on any atom is 0.240 e. The third-order valence-corrected chi connectivity index (χ3v) is 7.51. The number of carbonyl (C=O) groups is 1. The van der Waals surface area contributed by atoms with E-state index in [9.17, 15) is 13.2 Å². The van der Waals surface area contributed by atoms with E-state index in [0.717, 1.165) is 49.9 Å². The number of nitrogens with zero attached hydrogens (tertiary/aromatic N) is 1. The van der Waals surface area contributed by atoms with Gasteiger partial charge in [0.2, 0.25) is 15.9 Å². The molecular formula is C21H33N3O3S. The monoisotopic (exact) mass is 407 g/mol. The summed E-state index contributed by atoms with van der Waals surface area (Å²) in [4.78, 5) is 14.1. The van der Waals surface area contributed by atoms with Gasteiger partial charge in [-0.15, -0.1) is 0 Å². The number of hydrogen-bond donors (Lipinski definition) is 2. The molecule has 7 heteroatoms. The summed E-state index contributed by atoms with van der Waals surface area (Å²) in [6.45, 7) is 8.66. The van der Waals surface area contributed by atoms with Gasteiger partial charge in [0.25, 0.3) is 0 Å². The number of nitrogens with one attached hydrogen (secondary N) is 2. The molecule has 156 valence electrons. The molecule has 1 heterocycles. The van der Waals surface area contributed by atoms with Crippen molar-refractivity contribution in [1.29, 1.82) is 0 Å². The average molecular weight is 408 g/mol. The molecule has 0 radical (unpaired) electrons. The SMILES string of the molecule is CC(=O)N[C@H]1Cc2ccc(S(=O)(=O)NCCC3CCN(C(C)C)CC3)cc2C1. The molecule has 0 saturated carbocycles. The highest BCUT2D eigenvalue weighted by Gasteiger charge is 2.25. The van der Waals surface area contributed by atoms with Crippen LogP contribution in [0.2, 0.25) is 0 Å². The Bertz CT molecular complexity index is 799. The lowest BCUT2D eigenvalue weighted by molar-refractivity contribution is -0.119. The summed E-state index contributed by atoms with van der Waals surface area (Å²) in [6, 6.07) is 5.98. The first-order valence-corrected chi connectivity index (χ1v) is 11.9. The Morgan fingerprint density at radius 2 is 1.86 bits per heavy atom. The molecule has 3 rings (SSSR count). The minimum Gasteiger partial charge on any atom is -0.353 e. The van der Waals surface area contributed by atoms with E-state index in [-0.39, 0.29) is 11.9 Å². The van der Waals surface area contributed by atoms with Crippen molar-refractivity contribution in [3.63, 3.8) is 0 Å². The molecule has 2 aliphatic rings. The van der Waals surface area contributed by atoms with Gasteiger partial charge in [0.15, 0.2) is 0 Å². The van der Waals surface area contributed by atoms with Crippen molar-refractivity contribution >= 4 is 15.9 Å².